The number of hydrogen-bond donors (Lipinski definition) is 3. The van der Waals surface area contributed by atoms with Crippen molar-refractivity contribution in [2.24, 2.45) is 0 Å². The van der Waals surface area contributed by atoms with Crippen LogP contribution >= 0.6 is 0 Å². The molecule has 110 valence electrons. The molecular formula is C13H19N3O4. The molecule has 7 heteroatoms. The van der Waals surface area contributed by atoms with Gasteiger partial charge in [-0.2, -0.15) is 0 Å². The molecular weight excluding hydrogens is 262 g/mol. The largest absolute Gasteiger partial charge is 0.413 e. The SMILES string of the molecule is CONC(=O)Nc1ccc(OC(=O)NC(C)(C)C)cc1. The van der Waals surface area contributed by atoms with Crippen LogP contribution in [-0.2, 0) is 4.84 Å². The maximum Gasteiger partial charge on any atom is 0.413 e. The number of hydrogen-bond acceptors (Lipinski definition) is 4. The summed E-state index contributed by atoms with van der Waals surface area (Å²) in [5.74, 6) is 0.379. The standard InChI is InChI=1S/C13H19N3O4/c1-13(2,3)15-12(18)20-10-7-5-9(6-8-10)14-11(17)16-19-4/h5-8H,1-4H3,(H,15,18)(H2,14,16,17). The molecule has 20 heavy (non-hydrogen) atoms. The second-order valence-corrected chi connectivity index (χ2v) is 5.05. The average molecular weight is 281 g/mol. The number of amides is 3. The van der Waals surface area contributed by atoms with Gasteiger partial charge in [0.05, 0.1) is 7.11 Å². The Morgan fingerprint density at radius 1 is 1.10 bits per heavy atom. The fraction of sp³-hybridized carbons (Fsp3) is 0.385. The molecule has 3 N–H and O–H groups in total. The molecule has 0 aliphatic rings. The van der Waals surface area contributed by atoms with Crippen molar-refractivity contribution >= 4 is 17.8 Å². The zero-order valence-electron chi connectivity index (χ0n) is 11.9. The minimum absolute atomic E-state index is 0.364. The van der Waals surface area contributed by atoms with Gasteiger partial charge in [-0.1, -0.05) is 0 Å². The third-order valence-electron chi connectivity index (χ3n) is 1.99. The van der Waals surface area contributed by atoms with E-state index in [2.05, 4.69) is 21.0 Å². The first-order chi connectivity index (χ1) is 9.30. The Kier molecular flexibility index (Phi) is 5.33. The zero-order chi connectivity index (χ0) is 15.2. The van der Waals surface area contributed by atoms with Crippen molar-refractivity contribution in [2.75, 3.05) is 12.4 Å². The van der Waals surface area contributed by atoms with Crippen LogP contribution in [-0.4, -0.2) is 24.8 Å². The molecule has 0 aromatic heterocycles. The van der Waals surface area contributed by atoms with E-state index in [0.29, 0.717) is 11.4 Å². The van der Waals surface area contributed by atoms with Crippen LogP contribution in [0.15, 0.2) is 24.3 Å². The molecule has 1 rings (SSSR count). The summed E-state index contributed by atoms with van der Waals surface area (Å²) < 4.78 is 5.09. The van der Waals surface area contributed by atoms with Crippen LogP contribution in [0.25, 0.3) is 0 Å². The Morgan fingerprint density at radius 2 is 1.70 bits per heavy atom. The number of carbonyl (C=O) groups is 2. The van der Waals surface area contributed by atoms with E-state index in [1.165, 1.54) is 7.11 Å². The topological polar surface area (TPSA) is 88.7 Å². The number of benzene rings is 1. The first kappa shape index (κ1) is 15.8. The quantitative estimate of drug-likeness (QED) is 0.741. The van der Waals surface area contributed by atoms with Gasteiger partial charge >= 0.3 is 12.1 Å². The van der Waals surface area contributed by atoms with Crippen LogP contribution in [0.1, 0.15) is 20.8 Å². The lowest BCUT2D eigenvalue weighted by molar-refractivity contribution is 0.114. The Morgan fingerprint density at radius 3 is 2.20 bits per heavy atom. The predicted octanol–water partition coefficient (Wildman–Crippen LogP) is 2.26. The number of hydroxylamine groups is 1. The molecule has 0 bridgehead atoms. The second-order valence-electron chi connectivity index (χ2n) is 5.05. The third-order valence-corrected chi connectivity index (χ3v) is 1.99. The monoisotopic (exact) mass is 281 g/mol. The van der Waals surface area contributed by atoms with Gasteiger partial charge in [0.2, 0.25) is 0 Å². The van der Waals surface area contributed by atoms with Crippen molar-refractivity contribution in [3.8, 4) is 5.75 Å². The lowest BCUT2D eigenvalue weighted by atomic mass is 10.1. The van der Waals surface area contributed by atoms with E-state index in [1.54, 1.807) is 24.3 Å². The summed E-state index contributed by atoms with van der Waals surface area (Å²) in [6.07, 6.45) is -0.532. The molecule has 3 amide bonds. The highest BCUT2D eigenvalue weighted by Crippen LogP contribution is 2.16. The van der Waals surface area contributed by atoms with E-state index in [1.807, 2.05) is 20.8 Å². The highest BCUT2D eigenvalue weighted by Gasteiger charge is 2.15. The van der Waals surface area contributed by atoms with Crippen molar-refractivity contribution in [3.63, 3.8) is 0 Å². The number of carbonyl (C=O) groups excluding carboxylic acids is 2. The van der Waals surface area contributed by atoms with Crippen molar-refractivity contribution in [1.82, 2.24) is 10.8 Å². The van der Waals surface area contributed by atoms with E-state index in [4.69, 9.17) is 4.74 Å². The number of ether oxygens (including phenoxy) is 1. The molecule has 0 saturated heterocycles. The Balaban J connectivity index is 2.54. The lowest BCUT2D eigenvalue weighted by Gasteiger charge is -2.19. The van der Waals surface area contributed by atoms with Gasteiger partial charge < -0.3 is 15.4 Å². The summed E-state index contributed by atoms with van der Waals surface area (Å²) in [7, 11) is 1.34. The normalized spacial score (nSPS) is 10.6. The van der Waals surface area contributed by atoms with Crippen molar-refractivity contribution in [2.45, 2.75) is 26.3 Å². The molecule has 1 aromatic carbocycles. The van der Waals surface area contributed by atoms with E-state index in [9.17, 15) is 9.59 Å². The molecule has 0 heterocycles. The molecule has 0 aliphatic carbocycles. The van der Waals surface area contributed by atoms with Crippen molar-refractivity contribution < 1.29 is 19.2 Å². The first-order valence-corrected chi connectivity index (χ1v) is 6.00. The highest BCUT2D eigenvalue weighted by molar-refractivity contribution is 5.88. The zero-order valence-corrected chi connectivity index (χ0v) is 11.9. The van der Waals surface area contributed by atoms with Crippen LogP contribution in [0.4, 0.5) is 15.3 Å². The number of rotatable bonds is 3. The van der Waals surface area contributed by atoms with Gasteiger partial charge in [0, 0.05) is 11.2 Å². The van der Waals surface area contributed by atoms with Crippen LogP contribution in [0.2, 0.25) is 0 Å². The summed E-state index contributed by atoms with van der Waals surface area (Å²) in [6.45, 7) is 5.57. The molecule has 0 unspecified atom stereocenters. The van der Waals surface area contributed by atoms with Gasteiger partial charge in [0.25, 0.3) is 0 Å². The Labute approximate surface area is 117 Å². The highest BCUT2D eigenvalue weighted by atomic mass is 16.6. The summed E-state index contributed by atoms with van der Waals surface area (Å²) in [5.41, 5.74) is 2.30. The summed E-state index contributed by atoms with van der Waals surface area (Å²) in [5, 5.41) is 5.20. The fourth-order valence-electron chi connectivity index (χ4n) is 1.29. The molecule has 1 aromatic rings. The smallest absolute Gasteiger partial charge is 0.410 e. The molecule has 0 aliphatic heterocycles. The van der Waals surface area contributed by atoms with E-state index >= 15 is 0 Å². The van der Waals surface area contributed by atoms with Gasteiger partial charge in [0.1, 0.15) is 5.75 Å². The van der Waals surface area contributed by atoms with Gasteiger partial charge in [0.15, 0.2) is 0 Å². The van der Waals surface area contributed by atoms with Gasteiger partial charge in [-0.15, -0.1) is 0 Å². The van der Waals surface area contributed by atoms with Crippen molar-refractivity contribution in [1.29, 1.82) is 0 Å². The van der Waals surface area contributed by atoms with E-state index in [0.717, 1.165) is 0 Å². The molecule has 0 spiro atoms. The van der Waals surface area contributed by atoms with Gasteiger partial charge in [-0.05, 0) is 45.0 Å². The first-order valence-electron chi connectivity index (χ1n) is 6.00. The second kappa shape index (κ2) is 6.76. The maximum atomic E-state index is 11.5. The predicted molar refractivity (Wildman–Crippen MR) is 74.5 cm³/mol. The minimum Gasteiger partial charge on any atom is -0.410 e. The Bertz CT molecular complexity index is 465. The molecule has 0 saturated carbocycles. The van der Waals surface area contributed by atoms with Gasteiger partial charge in [-0.3, -0.25) is 4.84 Å². The average Bonchev–Trinajstić information content (AvgIpc) is 2.29. The summed E-state index contributed by atoms with van der Waals surface area (Å²) in [6, 6.07) is 5.87. The number of anilines is 1. The van der Waals surface area contributed by atoms with Crippen molar-refractivity contribution in [3.05, 3.63) is 24.3 Å². The maximum absolute atomic E-state index is 11.5. The molecule has 0 atom stereocenters. The summed E-state index contributed by atoms with van der Waals surface area (Å²) in [4.78, 5) is 27.2. The molecule has 0 radical (unpaired) electrons. The van der Waals surface area contributed by atoms with Crippen LogP contribution in [0.5, 0.6) is 5.75 Å². The van der Waals surface area contributed by atoms with E-state index in [-0.39, 0.29) is 5.54 Å². The molecule has 7 nitrogen and oxygen atoms in total. The number of urea groups is 1. The number of nitrogens with one attached hydrogen (secondary N) is 3. The minimum atomic E-state index is -0.532. The third kappa shape index (κ3) is 6.05. The molecule has 0 fully saturated rings. The lowest BCUT2D eigenvalue weighted by Crippen LogP contribution is -2.42. The van der Waals surface area contributed by atoms with Crippen LogP contribution in [0, 0.1) is 0 Å². The Hall–Kier alpha value is -2.28. The van der Waals surface area contributed by atoms with Crippen LogP contribution < -0.4 is 20.9 Å². The summed E-state index contributed by atoms with van der Waals surface area (Å²) >= 11 is 0. The van der Waals surface area contributed by atoms with Gasteiger partial charge in [-0.25, -0.2) is 15.1 Å². The van der Waals surface area contributed by atoms with E-state index < -0.39 is 12.1 Å². The fourth-order valence-corrected chi connectivity index (χ4v) is 1.29. The van der Waals surface area contributed by atoms with Crippen LogP contribution in [0.3, 0.4) is 0 Å².